The average Bonchev–Trinajstić information content (AvgIpc) is 2.81. The Labute approximate surface area is 106 Å². The van der Waals surface area contributed by atoms with Gasteiger partial charge in [0.1, 0.15) is 5.82 Å². The van der Waals surface area contributed by atoms with Gasteiger partial charge < -0.3 is 4.57 Å². The minimum Gasteiger partial charge on any atom is -0.322 e. The molecule has 2 heterocycles. The number of hydrogen-bond donors (Lipinski definition) is 0. The van der Waals surface area contributed by atoms with Crippen LogP contribution >= 0.6 is 0 Å². The molecule has 4 heteroatoms. The summed E-state index contributed by atoms with van der Waals surface area (Å²) in [5, 5.41) is 4.38. The maximum Gasteiger partial charge on any atom is 0.107 e. The minimum absolute atomic E-state index is 0.809. The number of para-hydroxylation sites is 2. The van der Waals surface area contributed by atoms with Crippen LogP contribution in [-0.2, 0) is 13.6 Å². The summed E-state index contributed by atoms with van der Waals surface area (Å²) in [6.07, 6.45) is 0. The standard InChI is InChI=1S/C14H16N4/c1-10-8-12(17(3)16-10)9-18-11(2)15-13-6-4-5-7-14(13)18/h4-8H,9H2,1-3H3. The van der Waals surface area contributed by atoms with Crippen molar-refractivity contribution in [3.8, 4) is 0 Å². The summed E-state index contributed by atoms with van der Waals surface area (Å²) in [5.74, 6) is 1.04. The molecular weight excluding hydrogens is 224 g/mol. The predicted molar refractivity (Wildman–Crippen MR) is 71.5 cm³/mol. The van der Waals surface area contributed by atoms with Crippen molar-refractivity contribution in [2.45, 2.75) is 20.4 Å². The van der Waals surface area contributed by atoms with Crippen molar-refractivity contribution in [3.63, 3.8) is 0 Å². The SMILES string of the molecule is Cc1cc(Cn2c(C)nc3ccccc32)n(C)n1. The van der Waals surface area contributed by atoms with Crippen LogP contribution in [0.2, 0.25) is 0 Å². The monoisotopic (exact) mass is 240 g/mol. The summed E-state index contributed by atoms with van der Waals surface area (Å²) in [4.78, 5) is 4.58. The number of benzene rings is 1. The molecule has 92 valence electrons. The molecule has 0 fully saturated rings. The third-order valence-electron chi connectivity index (χ3n) is 3.26. The molecule has 0 aliphatic carbocycles. The van der Waals surface area contributed by atoms with Crippen molar-refractivity contribution in [3.05, 3.63) is 47.5 Å². The second-order valence-corrected chi connectivity index (χ2v) is 4.63. The molecule has 3 aromatic rings. The summed E-state index contributed by atoms with van der Waals surface area (Å²) in [6.45, 7) is 4.87. The van der Waals surface area contributed by atoms with Gasteiger partial charge >= 0.3 is 0 Å². The largest absolute Gasteiger partial charge is 0.322 e. The zero-order valence-electron chi connectivity index (χ0n) is 10.9. The van der Waals surface area contributed by atoms with E-state index in [-0.39, 0.29) is 0 Å². The van der Waals surface area contributed by atoms with E-state index in [1.165, 1.54) is 11.2 Å². The number of aromatic nitrogens is 4. The van der Waals surface area contributed by atoms with Crippen molar-refractivity contribution < 1.29 is 0 Å². The second kappa shape index (κ2) is 3.98. The third-order valence-corrected chi connectivity index (χ3v) is 3.26. The van der Waals surface area contributed by atoms with Crippen LogP contribution in [0.3, 0.4) is 0 Å². The third kappa shape index (κ3) is 1.70. The Morgan fingerprint density at radius 2 is 1.94 bits per heavy atom. The number of fused-ring (bicyclic) bond motifs is 1. The summed E-state index contributed by atoms with van der Waals surface area (Å²) >= 11 is 0. The Morgan fingerprint density at radius 3 is 2.67 bits per heavy atom. The van der Waals surface area contributed by atoms with Crippen molar-refractivity contribution in [2.75, 3.05) is 0 Å². The Hall–Kier alpha value is -2.10. The topological polar surface area (TPSA) is 35.6 Å². The lowest BCUT2D eigenvalue weighted by molar-refractivity contribution is 0.662. The summed E-state index contributed by atoms with van der Waals surface area (Å²) < 4.78 is 4.16. The molecule has 0 atom stereocenters. The molecule has 0 saturated carbocycles. The lowest BCUT2D eigenvalue weighted by Gasteiger charge is -2.06. The van der Waals surface area contributed by atoms with Gasteiger partial charge in [-0.25, -0.2) is 4.98 Å². The van der Waals surface area contributed by atoms with Crippen molar-refractivity contribution >= 4 is 11.0 Å². The van der Waals surface area contributed by atoms with E-state index in [9.17, 15) is 0 Å². The van der Waals surface area contributed by atoms with Crippen LogP contribution in [0.4, 0.5) is 0 Å². The summed E-state index contributed by atoms with van der Waals surface area (Å²) in [5.41, 5.74) is 4.47. The van der Waals surface area contributed by atoms with E-state index < -0.39 is 0 Å². The molecule has 0 aliphatic rings. The predicted octanol–water partition coefficient (Wildman–Crippen LogP) is 2.43. The average molecular weight is 240 g/mol. The first-order valence-corrected chi connectivity index (χ1v) is 6.06. The quantitative estimate of drug-likeness (QED) is 0.689. The summed E-state index contributed by atoms with van der Waals surface area (Å²) in [7, 11) is 1.98. The van der Waals surface area contributed by atoms with Crippen LogP contribution in [0, 0.1) is 13.8 Å². The van der Waals surface area contributed by atoms with Crippen molar-refractivity contribution in [1.29, 1.82) is 0 Å². The highest BCUT2D eigenvalue weighted by atomic mass is 15.3. The van der Waals surface area contributed by atoms with Crippen LogP contribution < -0.4 is 0 Å². The van der Waals surface area contributed by atoms with Gasteiger partial charge in [-0.1, -0.05) is 12.1 Å². The van der Waals surface area contributed by atoms with Gasteiger partial charge in [0.15, 0.2) is 0 Å². The molecule has 0 spiro atoms. The van der Waals surface area contributed by atoms with E-state index in [0.717, 1.165) is 23.6 Å². The smallest absolute Gasteiger partial charge is 0.107 e. The molecule has 4 nitrogen and oxygen atoms in total. The number of rotatable bonds is 2. The van der Waals surface area contributed by atoms with Gasteiger partial charge in [-0.3, -0.25) is 4.68 Å². The Bertz CT molecular complexity index is 706. The molecule has 0 saturated heterocycles. The molecule has 18 heavy (non-hydrogen) atoms. The van der Waals surface area contributed by atoms with Crippen molar-refractivity contribution in [2.24, 2.45) is 7.05 Å². The van der Waals surface area contributed by atoms with Crippen LogP contribution in [0.5, 0.6) is 0 Å². The molecule has 0 bridgehead atoms. The molecule has 3 rings (SSSR count). The van der Waals surface area contributed by atoms with Crippen LogP contribution in [0.1, 0.15) is 17.2 Å². The fourth-order valence-corrected chi connectivity index (χ4v) is 2.37. The highest BCUT2D eigenvalue weighted by Gasteiger charge is 2.09. The van der Waals surface area contributed by atoms with Gasteiger partial charge in [-0.15, -0.1) is 0 Å². The fourth-order valence-electron chi connectivity index (χ4n) is 2.37. The maximum atomic E-state index is 4.58. The minimum atomic E-state index is 0.809. The van der Waals surface area contributed by atoms with E-state index in [4.69, 9.17) is 0 Å². The van der Waals surface area contributed by atoms with Gasteiger partial charge in [-0.05, 0) is 32.0 Å². The first-order chi connectivity index (χ1) is 8.65. The van der Waals surface area contributed by atoms with E-state index >= 15 is 0 Å². The maximum absolute atomic E-state index is 4.58. The van der Waals surface area contributed by atoms with E-state index in [2.05, 4.69) is 32.8 Å². The number of imidazole rings is 1. The van der Waals surface area contributed by atoms with Gasteiger partial charge in [0.25, 0.3) is 0 Å². The molecule has 0 amide bonds. The van der Waals surface area contributed by atoms with Gasteiger partial charge in [-0.2, -0.15) is 5.10 Å². The lowest BCUT2D eigenvalue weighted by atomic mass is 10.3. The first kappa shape index (κ1) is 11.0. The number of hydrogen-bond acceptors (Lipinski definition) is 2. The van der Waals surface area contributed by atoms with Gasteiger partial charge in [0.2, 0.25) is 0 Å². The van der Waals surface area contributed by atoms with Crippen LogP contribution in [-0.4, -0.2) is 19.3 Å². The number of nitrogens with zero attached hydrogens (tertiary/aromatic N) is 4. The summed E-state index contributed by atoms with van der Waals surface area (Å²) in [6, 6.07) is 10.3. The molecule has 2 aromatic heterocycles. The Morgan fingerprint density at radius 1 is 1.17 bits per heavy atom. The van der Waals surface area contributed by atoms with Gasteiger partial charge in [0.05, 0.1) is 29.0 Å². The van der Waals surface area contributed by atoms with E-state index in [0.29, 0.717) is 0 Å². The van der Waals surface area contributed by atoms with E-state index in [1.807, 2.05) is 37.7 Å². The Kier molecular flexibility index (Phi) is 2.44. The van der Waals surface area contributed by atoms with Gasteiger partial charge in [0, 0.05) is 7.05 Å². The lowest BCUT2D eigenvalue weighted by Crippen LogP contribution is -2.06. The molecule has 0 unspecified atom stereocenters. The zero-order chi connectivity index (χ0) is 12.7. The zero-order valence-corrected chi connectivity index (χ0v) is 10.9. The van der Waals surface area contributed by atoms with E-state index in [1.54, 1.807) is 0 Å². The highest BCUT2D eigenvalue weighted by molar-refractivity contribution is 5.75. The first-order valence-electron chi connectivity index (χ1n) is 6.06. The van der Waals surface area contributed by atoms with Crippen LogP contribution in [0.15, 0.2) is 30.3 Å². The molecule has 1 aromatic carbocycles. The molecular formula is C14H16N4. The van der Waals surface area contributed by atoms with Crippen molar-refractivity contribution in [1.82, 2.24) is 19.3 Å². The molecule has 0 aliphatic heterocycles. The number of aryl methyl sites for hydroxylation is 3. The molecule has 0 radical (unpaired) electrons. The second-order valence-electron chi connectivity index (χ2n) is 4.63. The Balaban J connectivity index is 2.09. The fraction of sp³-hybridized carbons (Fsp3) is 0.286. The highest BCUT2D eigenvalue weighted by Crippen LogP contribution is 2.17. The molecule has 0 N–H and O–H groups in total. The normalized spacial score (nSPS) is 11.3. The van der Waals surface area contributed by atoms with Crippen LogP contribution in [0.25, 0.3) is 11.0 Å².